The third-order valence-corrected chi connectivity index (χ3v) is 5.24. The van der Waals surface area contributed by atoms with Crippen molar-refractivity contribution in [3.05, 3.63) is 96.4 Å². The van der Waals surface area contributed by atoms with Crippen LogP contribution in [0.2, 0.25) is 0 Å². The van der Waals surface area contributed by atoms with E-state index in [0.29, 0.717) is 20.1 Å². The van der Waals surface area contributed by atoms with Crippen LogP contribution < -0.4 is 4.74 Å². The number of nitrogens with zero attached hydrogens (tertiary/aromatic N) is 2. The van der Waals surface area contributed by atoms with Crippen molar-refractivity contribution < 1.29 is 28.4 Å². The van der Waals surface area contributed by atoms with Gasteiger partial charge in [0.15, 0.2) is 11.4 Å². The number of nitro benzene ring substituents is 1. The van der Waals surface area contributed by atoms with E-state index in [1.807, 2.05) is 0 Å². The highest BCUT2D eigenvalue weighted by Gasteiger charge is 2.26. The maximum absolute atomic E-state index is 12.4. The van der Waals surface area contributed by atoms with Gasteiger partial charge in [-0.05, 0) is 58.4 Å². The maximum atomic E-state index is 12.4. The molecule has 1 aliphatic rings. The fourth-order valence-corrected chi connectivity index (χ4v) is 4.08. The average Bonchev–Trinajstić information content (AvgIpc) is 3.41. The Hall–Kier alpha value is -3.57. The lowest BCUT2D eigenvalue weighted by atomic mass is 10.1. The molecule has 0 fully saturated rings. The predicted molar refractivity (Wildman–Crippen MR) is 119 cm³/mol. The second kappa shape index (κ2) is 8.89. The number of hydrogen-bond donors (Lipinski definition) is 0. The standard InChI is InChI=1S/C21H10Br2N2O7/c22-13-8-12(18(15(23)10-13)31-21(27)17-2-1-7-30-17)9-16-20(26)32-19(24-16)11-3-5-14(6-4-11)25(28)29/h1-10H/b16-9-. The SMILES string of the molecule is O=C1OC(c2ccc([N+](=O)[O-])cc2)=N/C1=C\c1cc(Br)cc(Br)c1OC(=O)c1ccco1. The van der Waals surface area contributed by atoms with Crippen LogP contribution in [0, 0.1) is 10.1 Å². The van der Waals surface area contributed by atoms with Gasteiger partial charge >= 0.3 is 11.9 Å². The molecule has 2 heterocycles. The molecule has 0 amide bonds. The van der Waals surface area contributed by atoms with E-state index in [0.717, 1.165) is 0 Å². The van der Waals surface area contributed by atoms with E-state index in [4.69, 9.17) is 13.9 Å². The van der Waals surface area contributed by atoms with Gasteiger partial charge in [0.1, 0.15) is 0 Å². The molecule has 0 atom stereocenters. The Morgan fingerprint density at radius 1 is 1.16 bits per heavy atom. The summed E-state index contributed by atoms with van der Waals surface area (Å²) < 4.78 is 16.8. The smallest absolute Gasteiger partial charge is 0.379 e. The van der Waals surface area contributed by atoms with E-state index in [1.165, 1.54) is 42.7 Å². The van der Waals surface area contributed by atoms with Crippen molar-refractivity contribution >= 4 is 61.5 Å². The van der Waals surface area contributed by atoms with Crippen LogP contribution in [0.15, 0.2) is 78.8 Å². The van der Waals surface area contributed by atoms with Crippen molar-refractivity contribution in [1.29, 1.82) is 0 Å². The number of benzene rings is 2. The number of non-ortho nitro benzene ring substituents is 1. The number of furan rings is 1. The molecular formula is C21H10Br2N2O7. The second-order valence-electron chi connectivity index (χ2n) is 6.31. The highest BCUT2D eigenvalue weighted by Crippen LogP contribution is 2.35. The summed E-state index contributed by atoms with van der Waals surface area (Å²) in [5.41, 5.74) is 0.620. The van der Waals surface area contributed by atoms with Gasteiger partial charge < -0.3 is 13.9 Å². The zero-order valence-electron chi connectivity index (χ0n) is 15.8. The molecule has 0 saturated heterocycles. The molecule has 0 spiro atoms. The van der Waals surface area contributed by atoms with E-state index in [1.54, 1.807) is 18.2 Å². The number of rotatable bonds is 5. The first kappa shape index (κ1) is 21.7. The zero-order valence-corrected chi connectivity index (χ0v) is 19.0. The predicted octanol–water partition coefficient (Wildman–Crippen LogP) is 5.28. The largest absolute Gasteiger partial charge is 0.457 e. The zero-order chi connectivity index (χ0) is 22.8. The van der Waals surface area contributed by atoms with Crippen molar-refractivity contribution in [2.75, 3.05) is 0 Å². The second-order valence-corrected chi connectivity index (χ2v) is 8.08. The Bertz CT molecular complexity index is 1300. The number of carbonyl (C=O) groups excluding carboxylic acids is 2. The summed E-state index contributed by atoms with van der Waals surface area (Å²) in [7, 11) is 0. The van der Waals surface area contributed by atoms with Gasteiger partial charge in [-0.2, -0.15) is 0 Å². The summed E-state index contributed by atoms with van der Waals surface area (Å²) >= 11 is 6.71. The first-order valence-corrected chi connectivity index (χ1v) is 10.4. The fourth-order valence-electron chi connectivity index (χ4n) is 2.74. The minimum Gasteiger partial charge on any atom is -0.457 e. The summed E-state index contributed by atoms with van der Waals surface area (Å²) in [6.45, 7) is 0. The maximum Gasteiger partial charge on any atom is 0.379 e. The molecule has 160 valence electrons. The third kappa shape index (κ3) is 4.53. The molecule has 3 aromatic rings. The molecule has 0 bridgehead atoms. The van der Waals surface area contributed by atoms with Crippen LogP contribution in [-0.4, -0.2) is 22.8 Å². The van der Waals surface area contributed by atoms with Crippen LogP contribution >= 0.6 is 31.9 Å². The van der Waals surface area contributed by atoms with Crippen LogP contribution in [0.5, 0.6) is 5.75 Å². The van der Waals surface area contributed by atoms with Crippen molar-refractivity contribution in [1.82, 2.24) is 0 Å². The first-order chi connectivity index (χ1) is 15.3. The molecule has 1 aromatic heterocycles. The number of nitro groups is 1. The third-order valence-electron chi connectivity index (χ3n) is 4.19. The molecule has 0 aliphatic carbocycles. The van der Waals surface area contributed by atoms with Crippen LogP contribution in [-0.2, 0) is 9.53 Å². The summed E-state index contributed by atoms with van der Waals surface area (Å²) in [5, 5.41) is 10.8. The highest BCUT2D eigenvalue weighted by molar-refractivity contribution is 9.11. The molecule has 0 N–H and O–H groups in total. The average molecular weight is 562 g/mol. The Morgan fingerprint density at radius 3 is 2.56 bits per heavy atom. The molecule has 4 rings (SSSR count). The van der Waals surface area contributed by atoms with Gasteiger partial charge in [-0.15, -0.1) is 0 Å². The topological polar surface area (TPSA) is 121 Å². The fraction of sp³-hybridized carbons (Fsp3) is 0. The molecule has 11 heteroatoms. The Morgan fingerprint density at radius 2 is 1.91 bits per heavy atom. The lowest BCUT2D eigenvalue weighted by Crippen LogP contribution is -2.09. The number of hydrogen-bond acceptors (Lipinski definition) is 8. The van der Waals surface area contributed by atoms with Gasteiger partial charge in [0.25, 0.3) is 5.69 Å². The van der Waals surface area contributed by atoms with Gasteiger partial charge in [0.05, 0.1) is 15.7 Å². The van der Waals surface area contributed by atoms with Crippen molar-refractivity contribution in [2.24, 2.45) is 4.99 Å². The molecular weight excluding hydrogens is 552 g/mol. The van der Waals surface area contributed by atoms with Crippen molar-refractivity contribution in [2.45, 2.75) is 0 Å². The summed E-state index contributed by atoms with van der Waals surface area (Å²) in [5.74, 6) is -1.29. The number of aliphatic imine (C=N–C) groups is 1. The van der Waals surface area contributed by atoms with Crippen LogP contribution in [0.25, 0.3) is 6.08 Å². The number of carbonyl (C=O) groups is 2. The lowest BCUT2D eigenvalue weighted by molar-refractivity contribution is -0.384. The summed E-state index contributed by atoms with van der Waals surface area (Å²) in [6.07, 6.45) is 2.75. The molecule has 0 radical (unpaired) electrons. The van der Waals surface area contributed by atoms with E-state index in [9.17, 15) is 19.7 Å². The van der Waals surface area contributed by atoms with E-state index < -0.39 is 16.9 Å². The summed E-state index contributed by atoms with van der Waals surface area (Å²) in [4.78, 5) is 39.2. The molecule has 2 aromatic carbocycles. The van der Waals surface area contributed by atoms with E-state index in [2.05, 4.69) is 36.9 Å². The number of esters is 2. The molecule has 0 saturated carbocycles. The highest BCUT2D eigenvalue weighted by atomic mass is 79.9. The normalized spacial score (nSPS) is 14.2. The van der Waals surface area contributed by atoms with Gasteiger partial charge in [0.2, 0.25) is 11.7 Å². The number of ether oxygens (including phenoxy) is 2. The number of halogens is 2. The van der Waals surface area contributed by atoms with Gasteiger partial charge in [0, 0.05) is 27.7 Å². The Balaban J connectivity index is 1.68. The lowest BCUT2D eigenvalue weighted by Gasteiger charge is -2.10. The monoisotopic (exact) mass is 560 g/mol. The minimum atomic E-state index is -0.724. The van der Waals surface area contributed by atoms with Crippen molar-refractivity contribution in [3.63, 3.8) is 0 Å². The number of cyclic esters (lactones) is 1. The quantitative estimate of drug-likeness (QED) is 0.137. The van der Waals surface area contributed by atoms with E-state index >= 15 is 0 Å². The first-order valence-electron chi connectivity index (χ1n) is 8.84. The van der Waals surface area contributed by atoms with Gasteiger partial charge in [-0.25, -0.2) is 14.6 Å². The molecule has 1 aliphatic heterocycles. The molecule has 0 unspecified atom stereocenters. The van der Waals surface area contributed by atoms with Gasteiger partial charge in [-0.3, -0.25) is 10.1 Å². The van der Waals surface area contributed by atoms with Crippen molar-refractivity contribution in [3.8, 4) is 5.75 Å². The van der Waals surface area contributed by atoms with Crippen LogP contribution in [0.4, 0.5) is 5.69 Å². The van der Waals surface area contributed by atoms with Crippen LogP contribution in [0.1, 0.15) is 21.7 Å². The van der Waals surface area contributed by atoms with E-state index in [-0.39, 0.29) is 28.8 Å². The summed E-state index contributed by atoms with van der Waals surface area (Å²) in [6, 6.07) is 11.7. The Labute approximate surface area is 196 Å². The molecule has 9 nitrogen and oxygen atoms in total. The Kier molecular flexibility index (Phi) is 6.01. The minimum absolute atomic E-state index is 0.000610. The van der Waals surface area contributed by atoms with Gasteiger partial charge in [-0.1, -0.05) is 15.9 Å². The molecule has 32 heavy (non-hydrogen) atoms. The van der Waals surface area contributed by atoms with Crippen LogP contribution in [0.3, 0.4) is 0 Å².